The molecule has 3 nitrogen and oxygen atoms in total. The summed E-state index contributed by atoms with van der Waals surface area (Å²) in [6.07, 6.45) is 2.77. The first kappa shape index (κ1) is 10.7. The first-order chi connectivity index (χ1) is 8.34. The van der Waals surface area contributed by atoms with E-state index in [0.29, 0.717) is 0 Å². The van der Waals surface area contributed by atoms with Crippen LogP contribution in [0, 0.1) is 4.77 Å². The van der Waals surface area contributed by atoms with Crippen molar-refractivity contribution in [3.63, 3.8) is 0 Å². The third kappa shape index (κ3) is 2.03. The summed E-state index contributed by atoms with van der Waals surface area (Å²) < 4.78 is 2.91. The topological polar surface area (TPSA) is 33.6 Å². The second kappa shape index (κ2) is 4.43. The van der Waals surface area contributed by atoms with Crippen molar-refractivity contribution in [1.29, 1.82) is 0 Å². The van der Waals surface area contributed by atoms with Gasteiger partial charge in [-0.2, -0.15) is 0 Å². The van der Waals surface area contributed by atoms with Crippen molar-refractivity contribution in [1.82, 2.24) is 14.5 Å². The highest BCUT2D eigenvalue weighted by Gasteiger charge is 2.04. The lowest BCUT2D eigenvalue weighted by atomic mass is 10.3. The van der Waals surface area contributed by atoms with Crippen molar-refractivity contribution in [3.8, 4) is 0 Å². The van der Waals surface area contributed by atoms with E-state index in [1.54, 1.807) is 11.3 Å². The summed E-state index contributed by atoms with van der Waals surface area (Å²) in [7, 11) is 0. The first-order valence-corrected chi connectivity index (χ1v) is 6.69. The van der Waals surface area contributed by atoms with Gasteiger partial charge < -0.3 is 9.55 Å². The molecular weight excluding hydrogens is 250 g/mol. The Labute approximate surface area is 108 Å². The molecule has 0 unspecified atom stereocenters. The fourth-order valence-corrected chi connectivity index (χ4v) is 2.82. The molecule has 3 rings (SSSR count). The van der Waals surface area contributed by atoms with E-state index in [1.165, 1.54) is 0 Å². The number of fused-ring (bicyclic) bond motifs is 1. The van der Waals surface area contributed by atoms with Crippen LogP contribution < -0.4 is 0 Å². The second-order valence-electron chi connectivity index (χ2n) is 3.77. The molecule has 2 heterocycles. The number of nitrogens with one attached hydrogen (secondary N) is 1. The molecule has 2 aromatic heterocycles. The number of hydrogen-bond donors (Lipinski definition) is 1. The highest BCUT2D eigenvalue weighted by atomic mass is 32.1. The summed E-state index contributed by atoms with van der Waals surface area (Å²) in [4.78, 5) is 7.50. The molecule has 0 atom stereocenters. The average Bonchev–Trinajstić information content (AvgIpc) is 2.93. The van der Waals surface area contributed by atoms with Crippen LogP contribution in [-0.2, 0) is 13.0 Å². The van der Waals surface area contributed by atoms with Crippen LogP contribution in [0.15, 0.2) is 35.8 Å². The standard InChI is InChI=1S/C12H11N3S2/c16-12-14-9-3-1-2-4-10(9)15(12)7-5-11-13-6-8-17-11/h1-4,6,8H,5,7H2,(H,14,16). The zero-order valence-corrected chi connectivity index (χ0v) is 10.7. The third-order valence-electron chi connectivity index (χ3n) is 2.71. The maximum Gasteiger partial charge on any atom is 0.178 e. The van der Waals surface area contributed by atoms with Crippen molar-refractivity contribution in [3.05, 3.63) is 45.6 Å². The lowest BCUT2D eigenvalue weighted by Crippen LogP contribution is -2.00. The van der Waals surface area contributed by atoms with Gasteiger partial charge >= 0.3 is 0 Å². The van der Waals surface area contributed by atoms with Gasteiger partial charge in [-0.15, -0.1) is 11.3 Å². The molecule has 86 valence electrons. The number of aromatic amines is 1. The molecule has 1 aromatic carbocycles. The number of imidazole rings is 1. The lowest BCUT2D eigenvalue weighted by Gasteiger charge is -2.02. The van der Waals surface area contributed by atoms with Gasteiger partial charge in [0.2, 0.25) is 0 Å². The molecule has 0 bridgehead atoms. The summed E-state index contributed by atoms with van der Waals surface area (Å²) in [6.45, 7) is 0.871. The molecule has 17 heavy (non-hydrogen) atoms. The quantitative estimate of drug-likeness (QED) is 0.733. The van der Waals surface area contributed by atoms with Crippen LogP contribution >= 0.6 is 23.6 Å². The van der Waals surface area contributed by atoms with E-state index in [9.17, 15) is 0 Å². The largest absolute Gasteiger partial charge is 0.331 e. The minimum Gasteiger partial charge on any atom is -0.331 e. The van der Waals surface area contributed by atoms with Crippen molar-refractivity contribution < 1.29 is 0 Å². The number of aromatic nitrogens is 3. The molecule has 1 N–H and O–H groups in total. The number of H-pyrrole nitrogens is 1. The smallest absolute Gasteiger partial charge is 0.178 e. The first-order valence-electron chi connectivity index (χ1n) is 5.40. The molecule has 0 fully saturated rings. The molecule has 0 saturated carbocycles. The highest BCUT2D eigenvalue weighted by Crippen LogP contribution is 2.15. The number of benzene rings is 1. The van der Waals surface area contributed by atoms with Gasteiger partial charge in [-0.25, -0.2) is 4.98 Å². The summed E-state index contributed by atoms with van der Waals surface area (Å²) >= 11 is 7.03. The Bertz CT molecular complexity index is 679. The monoisotopic (exact) mass is 261 g/mol. The Kier molecular flexibility index (Phi) is 2.78. The second-order valence-corrected chi connectivity index (χ2v) is 5.14. The van der Waals surface area contributed by atoms with Crippen LogP contribution in [0.3, 0.4) is 0 Å². The van der Waals surface area contributed by atoms with E-state index in [2.05, 4.69) is 20.6 Å². The predicted molar refractivity (Wildman–Crippen MR) is 72.9 cm³/mol. The van der Waals surface area contributed by atoms with Gasteiger partial charge in [0.05, 0.1) is 16.0 Å². The van der Waals surface area contributed by atoms with Gasteiger partial charge in [0, 0.05) is 24.5 Å². The zero-order chi connectivity index (χ0) is 11.7. The van der Waals surface area contributed by atoms with Gasteiger partial charge in [0.1, 0.15) is 0 Å². The summed E-state index contributed by atoms with van der Waals surface area (Å²) in [5, 5.41) is 3.15. The molecule has 0 radical (unpaired) electrons. The minimum atomic E-state index is 0.780. The fraction of sp³-hybridized carbons (Fsp3) is 0.167. The number of hydrogen-bond acceptors (Lipinski definition) is 3. The lowest BCUT2D eigenvalue weighted by molar-refractivity contribution is 0.703. The van der Waals surface area contributed by atoms with E-state index >= 15 is 0 Å². The molecule has 0 aliphatic heterocycles. The Morgan fingerprint density at radius 2 is 2.24 bits per heavy atom. The van der Waals surface area contributed by atoms with Crippen LogP contribution in [0.5, 0.6) is 0 Å². The van der Waals surface area contributed by atoms with Crippen molar-refractivity contribution in [2.24, 2.45) is 0 Å². The van der Waals surface area contributed by atoms with E-state index < -0.39 is 0 Å². The van der Waals surface area contributed by atoms with Gasteiger partial charge in [-0.05, 0) is 24.4 Å². The van der Waals surface area contributed by atoms with Gasteiger partial charge in [-0.3, -0.25) is 0 Å². The van der Waals surface area contributed by atoms with Crippen molar-refractivity contribution in [2.75, 3.05) is 0 Å². The van der Waals surface area contributed by atoms with Gasteiger partial charge in [0.25, 0.3) is 0 Å². The molecular formula is C12H11N3S2. The Balaban J connectivity index is 1.94. The zero-order valence-electron chi connectivity index (χ0n) is 9.09. The fourth-order valence-electron chi connectivity index (χ4n) is 1.91. The summed E-state index contributed by atoms with van der Waals surface area (Å²) in [6, 6.07) is 8.18. The van der Waals surface area contributed by atoms with Crippen LogP contribution in [0.1, 0.15) is 5.01 Å². The van der Waals surface area contributed by atoms with Crippen molar-refractivity contribution in [2.45, 2.75) is 13.0 Å². The number of rotatable bonds is 3. The van der Waals surface area contributed by atoms with Crippen LogP contribution in [0.4, 0.5) is 0 Å². The van der Waals surface area contributed by atoms with E-state index in [0.717, 1.165) is 33.8 Å². The SMILES string of the molecule is S=c1[nH]c2ccccc2n1CCc1nccs1. The third-order valence-corrected chi connectivity index (χ3v) is 3.88. The molecule has 0 spiro atoms. The van der Waals surface area contributed by atoms with Crippen molar-refractivity contribution >= 4 is 34.6 Å². The number of nitrogens with zero attached hydrogens (tertiary/aromatic N) is 2. The molecule has 0 saturated heterocycles. The molecule has 3 aromatic rings. The van der Waals surface area contributed by atoms with Crippen LogP contribution in [0.2, 0.25) is 0 Å². The Hall–Kier alpha value is -1.46. The number of thiazole rings is 1. The van der Waals surface area contributed by atoms with Crippen LogP contribution in [0.25, 0.3) is 11.0 Å². The highest BCUT2D eigenvalue weighted by molar-refractivity contribution is 7.71. The maximum absolute atomic E-state index is 5.34. The number of para-hydroxylation sites is 2. The minimum absolute atomic E-state index is 0.780. The molecule has 0 aliphatic rings. The van der Waals surface area contributed by atoms with E-state index in [4.69, 9.17) is 12.2 Å². The van der Waals surface area contributed by atoms with Gasteiger partial charge in [0.15, 0.2) is 4.77 Å². The summed E-state index contributed by atoms with van der Waals surface area (Å²) in [5.41, 5.74) is 2.26. The molecule has 0 aliphatic carbocycles. The normalized spacial score (nSPS) is 11.1. The Morgan fingerprint density at radius 1 is 1.35 bits per heavy atom. The van der Waals surface area contributed by atoms with Gasteiger partial charge in [-0.1, -0.05) is 12.1 Å². The molecule has 5 heteroatoms. The summed E-state index contributed by atoms with van der Waals surface area (Å²) in [5.74, 6) is 0. The van der Waals surface area contributed by atoms with E-state index in [-0.39, 0.29) is 0 Å². The predicted octanol–water partition coefficient (Wildman–Crippen LogP) is 3.40. The number of aryl methyl sites for hydroxylation is 2. The Morgan fingerprint density at radius 3 is 3.06 bits per heavy atom. The molecule has 0 amide bonds. The van der Waals surface area contributed by atoms with Crippen LogP contribution in [-0.4, -0.2) is 14.5 Å². The van der Waals surface area contributed by atoms with E-state index in [1.807, 2.05) is 29.8 Å². The average molecular weight is 261 g/mol. The maximum atomic E-state index is 5.34.